The van der Waals surface area contributed by atoms with Crippen LogP contribution in [0, 0.1) is 0 Å². The van der Waals surface area contributed by atoms with Gasteiger partial charge < -0.3 is 14.0 Å². The molecule has 154 valence electrons. The van der Waals surface area contributed by atoms with Gasteiger partial charge in [-0.05, 0) is 49.4 Å². The minimum Gasteiger partial charge on any atom is -0.497 e. The van der Waals surface area contributed by atoms with Gasteiger partial charge in [-0.25, -0.2) is 0 Å². The van der Waals surface area contributed by atoms with Crippen LogP contribution >= 0.6 is 34.7 Å². The van der Waals surface area contributed by atoms with Gasteiger partial charge in [0.1, 0.15) is 5.75 Å². The molecule has 8 heteroatoms. The van der Waals surface area contributed by atoms with Crippen molar-refractivity contribution in [2.75, 3.05) is 26.1 Å². The second kappa shape index (κ2) is 10.8. The Kier molecular flexibility index (Phi) is 8.18. The highest BCUT2D eigenvalue weighted by molar-refractivity contribution is 7.99. The van der Waals surface area contributed by atoms with Crippen molar-refractivity contribution in [3.63, 3.8) is 0 Å². The van der Waals surface area contributed by atoms with Crippen LogP contribution in [0.5, 0.6) is 5.75 Å². The molecule has 0 radical (unpaired) electrons. The molecule has 0 aliphatic carbocycles. The van der Waals surface area contributed by atoms with Gasteiger partial charge in [0, 0.05) is 35.2 Å². The summed E-state index contributed by atoms with van der Waals surface area (Å²) in [6, 6.07) is 13.5. The molecule has 0 saturated carbocycles. The van der Waals surface area contributed by atoms with Crippen molar-refractivity contribution in [1.82, 2.24) is 4.57 Å². The fraction of sp³-hybridized carbons (Fsp3) is 0.333. The number of aromatic nitrogens is 1. The lowest BCUT2D eigenvalue weighted by atomic mass is 10.3. The van der Waals surface area contributed by atoms with E-state index < -0.39 is 0 Å². The predicted molar refractivity (Wildman–Crippen MR) is 120 cm³/mol. The topological polar surface area (TPSA) is 52.8 Å². The van der Waals surface area contributed by atoms with Crippen molar-refractivity contribution in [2.45, 2.75) is 24.8 Å². The Morgan fingerprint density at radius 2 is 2.03 bits per heavy atom. The highest BCUT2D eigenvalue weighted by atomic mass is 35.5. The number of hydrogen-bond acceptors (Lipinski definition) is 5. The van der Waals surface area contributed by atoms with Crippen LogP contribution in [0.4, 0.5) is 0 Å². The lowest BCUT2D eigenvalue weighted by molar-refractivity contribution is -0.117. The molecule has 3 rings (SSSR count). The number of carbonyl (C=O) groups is 1. The number of fused-ring (bicyclic) bond motifs is 1. The molecule has 0 bridgehead atoms. The number of halogens is 1. The lowest BCUT2D eigenvalue weighted by Crippen LogP contribution is -2.19. The number of amides is 1. The monoisotopic (exact) mass is 450 g/mol. The van der Waals surface area contributed by atoms with Crippen LogP contribution in [0.2, 0.25) is 5.02 Å². The Morgan fingerprint density at radius 3 is 2.76 bits per heavy atom. The summed E-state index contributed by atoms with van der Waals surface area (Å²) in [5.74, 6) is 1.36. The molecule has 0 saturated heterocycles. The average molecular weight is 451 g/mol. The predicted octanol–water partition coefficient (Wildman–Crippen LogP) is 5.01. The first-order valence-electron chi connectivity index (χ1n) is 9.31. The normalized spacial score (nSPS) is 11.9. The van der Waals surface area contributed by atoms with E-state index in [1.54, 1.807) is 18.9 Å². The van der Waals surface area contributed by atoms with Gasteiger partial charge in [-0.3, -0.25) is 4.79 Å². The van der Waals surface area contributed by atoms with E-state index in [-0.39, 0.29) is 5.91 Å². The first-order valence-corrected chi connectivity index (χ1v) is 11.5. The summed E-state index contributed by atoms with van der Waals surface area (Å²) >= 11 is 9.23. The maximum atomic E-state index is 12.5. The Hall–Kier alpha value is -1.80. The van der Waals surface area contributed by atoms with E-state index in [9.17, 15) is 4.79 Å². The zero-order valence-corrected chi connectivity index (χ0v) is 18.8. The molecule has 1 heterocycles. The van der Waals surface area contributed by atoms with E-state index in [2.05, 4.69) is 4.99 Å². The van der Waals surface area contributed by atoms with Crippen LogP contribution in [0.3, 0.4) is 0 Å². The van der Waals surface area contributed by atoms with Gasteiger partial charge in [0.2, 0.25) is 5.91 Å². The molecular weight excluding hydrogens is 428 g/mol. The number of nitrogens with zero attached hydrogens (tertiary/aromatic N) is 2. The van der Waals surface area contributed by atoms with E-state index in [4.69, 9.17) is 21.1 Å². The molecule has 2 aromatic carbocycles. The molecule has 0 aliphatic rings. The Morgan fingerprint density at radius 1 is 1.24 bits per heavy atom. The van der Waals surface area contributed by atoms with Gasteiger partial charge in [0.15, 0.2) is 4.80 Å². The van der Waals surface area contributed by atoms with Crippen molar-refractivity contribution in [3.8, 4) is 5.75 Å². The van der Waals surface area contributed by atoms with Gasteiger partial charge >= 0.3 is 0 Å². The maximum Gasteiger partial charge on any atom is 0.249 e. The number of methoxy groups -OCH3 is 1. The third kappa shape index (κ3) is 6.09. The SMILES string of the molecule is CCOCCn1c(=NC(=O)CCSc2ccc(OC)cc2)sc2cc(Cl)ccc21. The molecule has 1 aromatic heterocycles. The maximum absolute atomic E-state index is 12.5. The molecule has 0 atom stereocenters. The van der Waals surface area contributed by atoms with E-state index in [1.165, 1.54) is 11.3 Å². The Bertz CT molecular complexity index is 1030. The van der Waals surface area contributed by atoms with Crippen LogP contribution in [-0.2, 0) is 16.1 Å². The van der Waals surface area contributed by atoms with Gasteiger partial charge in [-0.1, -0.05) is 22.9 Å². The minimum absolute atomic E-state index is 0.131. The first kappa shape index (κ1) is 21.9. The molecule has 3 aromatic rings. The van der Waals surface area contributed by atoms with Crippen molar-refractivity contribution in [1.29, 1.82) is 0 Å². The Balaban J connectivity index is 1.71. The van der Waals surface area contributed by atoms with Gasteiger partial charge in [-0.15, -0.1) is 11.8 Å². The average Bonchev–Trinajstić information content (AvgIpc) is 3.04. The van der Waals surface area contributed by atoms with Crippen LogP contribution in [0.15, 0.2) is 52.4 Å². The fourth-order valence-corrected chi connectivity index (χ4v) is 4.93. The van der Waals surface area contributed by atoms with E-state index in [0.29, 0.717) is 41.8 Å². The molecule has 5 nitrogen and oxygen atoms in total. The number of carbonyl (C=O) groups excluding carboxylic acids is 1. The third-order valence-electron chi connectivity index (χ3n) is 4.17. The number of hydrogen-bond donors (Lipinski definition) is 0. The Labute approximate surface area is 183 Å². The summed E-state index contributed by atoms with van der Waals surface area (Å²) in [6.07, 6.45) is 0.372. The quantitative estimate of drug-likeness (QED) is 0.339. The summed E-state index contributed by atoms with van der Waals surface area (Å²) in [7, 11) is 1.64. The molecule has 0 aliphatic heterocycles. The fourth-order valence-electron chi connectivity index (χ4n) is 2.74. The molecule has 0 unspecified atom stereocenters. The summed E-state index contributed by atoms with van der Waals surface area (Å²) in [6.45, 7) is 3.83. The largest absolute Gasteiger partial charge is 0.497 e. The van der Waals surface area contributed by atoms with E-state index in [1.807, 2.05) is 54.0 Å². The van der Waals surface area contributed by atoms with Crippen molar-refractivity contribution in [2.24, 2.45) is 4.99 Å². The first-order chi connectivity index (χ1) is 14.1. The highest BCUT2D eigenvalue weighted by Crippen LogP contribution is 2.23. The van der Waals surface area contributed by atoms with Crippen LogP contribution in [0.1, 0.15) is 13.3 Å². The number of rotatable bonds is 9. The molecule has 1 amide bonds. The molecular formula is C21H23ClN2O3S2. The zero-order chi connectivity index (χ0) is 20.6. The molecule has 0 fully saturated rings. The minimum atomic E-state index is -0.131. The summed E-state index contributed by atoms with van der Waals surface area (Å²) in [5.41, 5.74) is 1.01. The van der Waals surface area contributed by atoms with Gasteiger partial charge in [-0.2, -0.15) is 4.99 Å². The van der Waals surface area contributed by atoms with E-state index >= 15 is 0 Å². The number of ether oxygens (including phenoxy) is 2. The van der Waals surface area contributed by atoms with E-state index in [0.717, 1.165) is 20.9 Å². The number of benzene rings is 2. The smallest absolute Gasteiger partial charge is 0.249 e. The van der Waals surface area contributed by atoms with Crippen molar-refractivity contribution in [3.05, 3.63) is 52.3 Å². The summed E-state index contributed by atoms with van der Waals surface area (Å²) in [5, 5.41) is 0.671. The second-order valence-corrected chi connectivity index (χ2v) is 8.74. The standard InChI is InChI=1S/C21H23ClN2O3S2/c1-3-27-12-11-24-18-9-4-15(22)14-19(18)29-21(24)23-20(25)10-13-28-17-7-5-16(26-2)6-8-17/h4-9,14H,3,10-13H2,1-2H3. The number of thiazole rings is 1. The van der Waals surface area contributed by atoms with Crippen LogP contribution in [-0.4, -0.2) is 36.6 Å². The molecule has 29 heavy (non-hydrogen) atoms. The van der Waals surface area contributed by atoms with Crippen LogP contribution in [0.25, 0.3) is 10.2 Å². The zero-order valence-electron chi connectivity index (χ0n) is 16.4. The van der Waals surface area contributed by atoms with Crippen LogP contribution < -0.4 is 9.54 Å². The van der Waals surface area contributed by atoms with Gasteiger partial charge in [0.05, 0.1) is 23.9 Å². The highest BCUT2D eigenvalue weighted by Gasteiger charge is 2.09. The summed E-state index contributed by atoms with van der Waals surface area (Å²) < 4.78 is 13.7. The second-order valence-electron chi connectivity index (χ2n) is 6.12. The summed E-state index contributed by atoms with van der Waals surface area (Å²) in [4.78, 5) is 18.6. The third-order valence-corrected chi connectivity index (χ3v) is 6.46. The van der Waals surface area contributed by atoms with Gasteiger partial charge in [0.25, 0.3) is 0 Å². The lowest BCUT2D eigenvalue weighted by Gasteiger charge is -2.05. The molecule has 0 N–H and O–H groups in total. The van der Waals surface area contributed by atoms with Crippen molar-refractivity contribution < 1.29 is 14.3 Å². The molecule has 0 spiro atoms. The number of thioether (sulfide) groups is 1. The van der Waals surface area contributed by atoms with Crippen molar-refractivity contribution >= 4 is 50.8 Å².